The van der Waals surface area contributed by atoms with Crippen LogP contribution in [0, 0.1) is 5.41 Å². The largest absolute Gasteiger partial charge is 0.294 e. The van der Waals surface area contributed by atoms with Crippen molar-refractivity contribution in [3.8, 4) is 0 Å². The maximum absolute atomic E-state index is 11.6. The van der Waals surface area contributed by atoms with E-state index in [1.54, 1.807) is 6.08 Å². The fraction of sp³-hybridized carbons (Fsp3) is 0.545. The van der Waals surface area contributed by atoms with Gasteiger partial charge in [-0.1, -0.05) is 17.7 Å². The summed E-state index contributed by atoms with van der Waals surface area (Å²) in [6.07, 6.45) is 3.71. The van der Waals surface area contributed by atoms with Crippen molar-refractivity contribution in [3.63, 3.8) is 0 Å². The van der Waals surface area contributed by atoms with Gasteiger partial charge in [0.15, 0.2) is 5.78 Å². The number of allylic oxidation sites excluding steroid dienone is 3. The average Bonchev–Trinajstić information content (AvgIpc) is 1.97. The molecule has 0 saturated heterocycles. The molecule has 1 aliphatic rings. The fourth-order valence-corrected chi connectivity index (χ4v) is 1.45. The lowest BCUT2D eigenvalue weighted by atomic mass is 9.71. The summed E-state index contributed by atoms with van der Waals surface area (Å²) in [6.45, 7) is 9.81. The molecule has 12 heavy (non-hydrogen) atoms. The Labute approximate surface area is 74.2 Å². The van der Waals surface area contributed by atoms with Crippen LogP contribution in [0.25, 0.3) is 0 Å². The molecule has 0 aromatic heterocycles. The van der Waals surface area contributed by atoms with Gasteiger partial charge < -0.3 is 0 Å². The van der Waals surface area contributed by atoms with Crippen molar-refractivity contribution in [2.24, 2.45) is 5.41 Å². The molecule has 0 spiro atoms. The van der Waals surface area contributed by atoms with Crippen molar-refractivity contribution < 1.29 is 4.79 Å². The van der Waals surface area contributed by atoms with Gasteiger partial charge in [-0.15, -0.1) is 0 Å². The van der Waals surface area contributed by atoms with Gasteiger partial charge in [-0.05, 0) is 39.7 Å². The summed E-state index contributed by atoms with van der Waals surface area (Å²) >= 11 is 0. The number of hydrogen-bond acceptors (Lipinski definition) is 1. The third-order valence-corrected chi connectivity index (χ3v) is 2.88. The number of carbonyl (C=O) groups excluding carboxylic acids is 1. The molecule has 1 nitrogen and oxygen atoms in total. The lowest BCUT2D eigenvalue weighted by Gasteiger charge is -2.31. The molecule has 0 aromatic rings. The number of carbonyl (C=O) groups is 1. The Morgan fingerprint density at radius 1 is 1.67 bits per heavy atom. The first-order chi connectivity index (χ1) is 5.47. The van der Waals surface area contributed by atoms with Crippen LogP contribution >= 0.6 is 0 Å². The second-order valence-corrected chi connectivity index (χ2v) is 3.97. The molecule has 0 fully saturated rings. The molecular weight excluding hydrogens is 148 g/mol. The minimum Gasteiger partial charge on any atom is -0.294 e. The van der Waals surface area contributed by atoms with E-state index in [9.17, 15) is 4.79 Å². The van der Waals surface area contributed by atoms with Crippen LogP contribution in [0.5, 0.6) is 0 Å². The zero-order valence-corrected chi connectivity index (χ0v) is 8.11. The summed E-state index contributed by atoms with van der Waals surface area (Å²) in [4.78, 5) is 11.6. The monoisotopic (exact) mass is 164 g/mol. The summed E-state index contributed by atoms with van der Waals surface area (Å²) in [7, 11) is 0. The Kier molecular flexibility index (Phi) is 2.22. The molecule has 0 radical (unpaired) electrons. The molecule has 0 aromatic carbocycles. The van der Waals surface area contributed by atoms with Gasteiger partial charge in [0, 0.05) is 0 Å². The predicted octanol–water partition coefficient (Wildman–Crippen LogP) is 2.88. The maximum atomic E-state index is 11.6. The van der Waals surface area contributed by atoms with E-state index >= 15 is 0 Å². The van der Waals surface area contributed by atoms with Gasteiger partial charge in [0.05, 0.1) is 5.41 Å². The zero-order valence-electron chi connectivity index (χ0n) is 8.11. The zero-order chi connectivity index (χ0) is 9.35. The third-order valence-electron chi connectivity index (χ3n) is 2.88. The van der Waals surface area contributed by atoms with E-state index in [0.29, 0.717) is 0 Å². The van der Waals surface area contributed by atoms with E-state index in [-0.39, 0.29) is 11.2 Å². The van der Waals surface area contributed by atoms with Crippen molar-refractivity contribution in [1.29, 1.82) is 0 Å². The normalized spacial score (nSPS) is 29.9. The highest BCUT2D eigenvalue weighted by Gasteiger charge is 2.34. The van der Waals surface area contributed by atoms with E-state index in [2.05, 4.69) is 6.58 Å². The molecule has 0 heterocycles. The Morgan fingerprint density at radius 3 is 2.67 bits per heavy atom. The number of rotatable bonds is 1. The molecule has 1 unspecified atom stereocenters. The minimum absolute atomic E-state index is 0.221. The van der Waals surface area contributed by atoms with Crippen LogP contribution < -0.4 is 0 Å². The third kappa shape index (κ3) is 1.36. The summed E-state index contributed by atoms with van der Waals surface area (Å²) in [5.41, 5.74) is 1.88. The first-order valence-electron chi connectivity index (χ1n) is 4.34. The van der Waals surface area contributed by atoms with Gasteiger partial charge in [-0.2, -0.15) is 0 Å². The van der Waals surface area contributed by atoms with Crippen molar-refractivity contribution in [2.75, 3.05) is 0 Å². The topological polar surface area (TPSA) is 17.1 Å². The summed E-state index contributed by atoms with van der Waals surface area (Å²) in [6, 6.07) is 0. The molecule has 1 rings (SSSR count). The molecule has 66 valence electrons. The standard InChI is InChI=1S/C11H16O/c1-8(2)11(4)6-5-9(3)7-10(11)12/h7H,1,5-6H2,2-4H3. The quantitative estimate of drug-likeness (QED) is 0.545. The van der Waals surface area contributed by atoms with Crippen molar-refractivity contribution in [3.05, 3.63) is 23.8 Å². The van der Waals surface area contributed by atoms with Gasteiger partial charge >= 0.3 is 0 Å². The molecular formula is C11H16O. The van der Waals surface area contributed by atoms with Crippen molar-refractivity contribution in [2.45, 2.75) is 33.6 Å². The maximum Gasteiger partial charge on any atom is 0.165 e. The van der Waals surface area contributed by atoms with Gasteiger partial charge in [-0.25, -0.2) is 0 Å². The van der Waals surface area contributed by atoms with Crippen LogP contribution in [0.1, 0.15) is 33.6 Å². The van der Waals surface area contributed by atoms with Crippen LogP contribution in [0.15, 0.2) is 23.8 Å². The molecule has 0 amide bonds. The van der Waals surface area contributed by atoms with E-state index < -0.39 is 0 Å². The van der Waals surface area contributed by atoms with Gasteiger partial charge in [0.1, 0.15) is 0 Å². The summed E-state index contributed by atoms with van der Waals surface area (Å²) in [5, 5.41) is 0. The highest BCUT2D eigenvalue weighted by atomic mass is 16.1. The predicted molar refractivity (Wildman–Crippen MR) is 50.9 cm³/mol. The lowest BCUT2D eigenvalue weighted by Crippen LogP contribution is -2.30. The van der Waals surface area contributed by atoms with Crippen molar-refractivity contribution in [1.82, 2.24) is 0 Å². The highest BCUT2D eigenvalue weighted by molar-refractivity contribution is 5.98. The fourth-order valence-electron chi connectivity index (χ4n) is 1.45. The van der Waals surface area contributed by atoms with E-state index in [4.69, 9.17) is 0 Å². The first-order valence-corrected chi connectivity index (χ1v) is 4.34. The lowest BCUT2D eigenvalue weighted by molar-refractivity contribution is -0.122. The van der Waals surface area contributed by atoms with E-state index in [0.717, 1.165) is 18.4 Å². The van der Waals surface area contributed by atoms with Crippen LogP contribution in [0.4, 0.5) is 0 Å². The Hall–Kier alpha value is -0.850. The molecule has 0 bridgehead atoms. The Morgan fingerprint density at radius 2 is 2.25 bits per heavy atom. The first kappa shape index (κ1) is 9.24. The van der Waals surface area contributed by atoms with Crippen LogP contribution in [0.2, 0.25) is 0 Å². The Balaban J connectivity index is 2.98. The van der Waals surface area contributed by atoms with Crippen LogP contribution in [-0.2, 0) is 4.79 Å². The molecule has 0 aliphatic heterocycles. The summed E-state index contributed by atoms with van der Waals surface area (Å²) in [5.74, 6) is 0.221. The summed E-state index contributed by atoms with van der Waals surface area (Å²) < 4.78 is 0. The highest BCUT2D eigenvalue weighted by Crippen LogP contribution is 2.37. The molecule has 1 atom stereocenters. The number of ketones is 1. The van der Waals surface area contributed by atoms with Gasteiger partial charge in [0.2, 0.25) is 0 Å². The van der Waals surface area contributed by atoms with E-state index in [1.807, 2.05) is 20.8 Å². The average molecular weight is 164 g/mol. The van der Waals surface area contributed by atoms with Crippen LogP contribution in [0.3, 0.4) is 0 Å². The second-order valence-electron chi connectivity index (χ2n) is 3.97. The van der Waals surface area contributed by atoms with Crippen molar-refractivity contribution >= 4 is 5.78 Å². The number of hydrogen-bond donors (Lipinski definition) is 0. The minimum atomic E-state index is -0.292. The molecule has 0 saturated carbocycles. The smallest absolute Gasteiger partial charge is 0.165 e. The SMILES string of the molecule is C=C(C)C1(C)CCC(C)=CC1=O. The molecule has 1 heteroatoms. The van der Waals surface area contributed by atoms with Crippen LogP contribution in [-0.4, -0.2) is 5.78 Å². The van der Waals surface area contributed by atoms with Gasteiger partial charge in [-0.3, -0.25) is 4.79 Å². The molecule has 0 N–H and O–H groups in total. The van der Waals surface area contributed by atoms with Gasteiger partial charge in [0.25, 0.3) is 0 Å². The molecule has 1 aliphatic carbocycles. The van der Waals surface area contributed by atoms with E-state index in [1.165, 1.54) is 5.57 Å². The Bertz CT molecular complexity index is 260. The second kappa shape index (κ2) is 2.89.